The number of hydrogen-bond acceptors (Lipinski definition) is 6. The molecule has 0 heterocycles. The summed E-state index contributed by atoms with van der Waals surface area (Å²) in [5, 5.41) is 13.7. The number of ether oxygens (including phenoxy) is 2. The molecule has 0 aliphatic carbocycles. The summed E-state index contributed by atoms with van der Waals surface area (Å²) in [5.74, 6) is -0.897. The first-order chi connectivity index (χ1) is 13.1. The molecule has 0 saturated heterocycles. The lowest BCUT2D eigenvalue weighted by Gasteiger charge is -2.23. The van der Waals surface area contributed by atoms with Crippen molar-refractivity contribution in [2.75, 3.05) is 6.54 Å². The number of benzene rings is 2. The molecule has 0 bridgehead atoms. The van der Waals surface area contributed by atoms with E-state index < -0.39 is 18.0 Å². The van der Waals surface area contributed by atoms with Crippen molar-refractivity contribution in [3.05, 3.63) is 59.2 Å². The lowest BCUT2D eigenvalue weighted by atomic mass is 10.1. The second kappa shape index (κ2) is 8.99. The van der Waals surface area contributed by atoms with Crippen molar-refractivity contribution < 1.29 is 24.2 Å². The molecule has 2 aromatic carbocycles. The Hall–Kier alpha value is -2.70. The number of β-amino-alcohol motifs (C(OH)–C–C–N with tert-alkyl or cyclic N) is 1. The molecule has 2 rings (SSSR count). The van der Waals surface area contributed by atoms with Crippen molar-refractivity contribution in [1.29, 1.82) is 0 Å². The van der Waals surface area contributed by atoms with Crippen LogP contribution >= 0.6 is 0 Å². The molecule has 2 N–H and O–H groups in total. The Morgan fingerprint density at radius 1 is 1.07 bits per heavy atom. The van der Waals surface area contributed by atoms with Crippen LogP contribution in [-0.4, -0.2) is 29.1 Å². The maximum atomic E-state index is 12.6. The molecule has 0 amide bonds. The molecule has 0 aromatic heterocycles. The summed E-state index contributed by atoms with van der Waals surface area (Å²) in [5.41, 5.74) is 1.57. The molecule has 6 heteroatoms. The second-order valence-electron chi connectivity index (χ2n) is 7.65. The molecule has 0 spiro atoms. The molecule has 0 radical (unpaired) electrons. The van der Waals surface area contributed by atoms with E-state index in [1.54, 1.807) is 18.2 Å². The van der Waals surface area contributed by atoms with Gasteiger partial charge in [0.25, 0.3) is 0 Å². The average molecular weight is 385 g/mol. The molecule has 0 aliphatic rings. The minimum Gasteiger partial charge on any atom is -0.423 e. The maximum Gasteiger partial charge on any atom is 0.343 e. The van der Waals surface area contributed by atoms with E-state index in [1.165, 1.54) is 19.1 Å². The maximum absolute atomic E-state index is 12.6. The van der Waals surface area contributed by atoms with E-state index in [2.05, 4.69) is 5.32 Å². The third-order valence-corrected chi connectivity index (χ3v) is 4.00. The normalized spacial score (nSPS) is 12.4. The highest BCUT2D eigenvalue weighted by molar-refractivity contribution is 5.93. The van der Waals surface area contributed by atoms with Gasteiger partial charge in [-0.1, -0.05) is 24.3 Å². The number of rotatable bonds is 6. The minimum atomic E-state index is -0.818. The molecule has 150 valence electrons. The zero-order valence-corrected chi connectivity index (χ0v) is 16.9. The minimum absolute atomic E-state index is 0.0794. The van der Waals surface area contributed by atoms with Crippen LogP contribution < -0.4 is 14.8 Å². The number of aryl methyl sites for hydroxylation is 1. The van der Waals surface area contributed by atoms with Gasteiger partial charge in [0.05, 0.1) is 11.7 Å². The quantitative estimate of drug-likeness (QED) is 0.584. The molecular formula is C22H27NO5. The fourth-order valence-electron chi connectivity index (χ4n) is 2.53. The van der Waals surface area contributed by atoms with E-state index in [-0.39, 0.29) is 17.0 Å². The average Bonchev–Trinajstić information content (AvgIpc) is 2.60. The lowest BCUT2D eigenvalue weighted by Crippen LogP contribution is -2.38. The monoisotopic (exact) mass is 385 g/mol. The third-order valence-electron chi connectivity index (χ3n) is 4.00. The Labute approximate surface area is 165 Å². The number of carbonyl (C=O) groups is 2. The van der Waals surface area contributed by atoms with Gasteiger partial charge < -0.3 is 19.9 Å². The van der Waals surface area contributed by atoms with E-state index in [0.717, 1.165) is 5.56 Å². The number of esters is 2. The lowest BCUT2D eigenvalue weighted by molar-refractivity contribution is -0.132. The molecule has 1 atom stereocenters. The standard InChI is InChI=1S/C22H27NO5/c1-14-8-6-7-9-17(14)21(26)28-20-12-16(10-11-19(20)27-15(2)24)18(25)13-23-22(3,4)5/h6-12,18,23,25H,13H2,1-5H3. The van der Waals surface area contributed by atoms with Gasteiger partial charge in [-0.2, -0.15) is 0 Å². The summed E-state index contributed by atoms with van der Waals surface area (Å²) < 4.78 is 10.6. The Bertz CT molecular complexity index is 854. The summed E-state index contributed by atoms with van der Waals surface area (Å²) in [6, 6.07) is 11.7. The van der Waals surface area contributed by atoms with Gasteiger partial charge in [0.15, 0.2) is 11.5 Å². The smallest absolute Gasteiger partial charge is 0.343 e. The SMILES string of the molecule is CC(=O)Oc1ccc(C(O)CNC(C)(C)C)cc1OC(=O)c1ccccc1C. The molecule has 6 nitrogen and oxygen atoms in total. The van der Waals surface area contributed by atoms with Crippen LogP contribution in [0.25, 0.3) is 0 Å². The zero-order valence-electron chi connectivity index (χ0n) is 16.9. The van der Waals surface area contributed by atoms with Gasteiger partial charge in [0.2, 0.25) is 0 Å². The Morgan fingerprint density at radius 3 is 2.36 bits per heavy atom. The Balaban J connectivity index is 2.29. The topological polar surface area (TPSA) is 84.9 Å². The van der Waals surface area contributed by atoms with Crippen LogP contribution in [0.1, 0.15) is 55.3 Å². The van der Waals surface area contributed by atoms with Crippen LogP contribution in [0.3, 0.4) is 0 Å². The van der Waals surface area contributed by atoms with E-state index in [1.807, 2.05) is 39.8 Å². The van der Waals surface area contributed by atoms with Crippen LogP contribution in [0.5, 0.6) is 11.5 Å². The predicted octanol–water partition coefficient (Wildman–Crippen LogP) is 3.56. The van der Waals surface area contributed by atoms with Gasteiger partial charge in [-0.25, -0.2) is 4.79 Å². The molecule has 1 unspecified atom stereocenters. The first kappa shape index (κ1) is 21.6. The van der Waals surface area contributed by atoms with Gasteiger partial charge in [0, 0.05) is 19.0 Å². The van der Waals surface area contributed by atoms with E-state index >= 15 is 0 Å². The fraction of sp³-hybridized carbons (Fsp3) is 0.364. The van der Waals surface area contributed by atoms with Crippen molar-refractivity contribution in [2.45, 2.75) is 46.3 Å². The third kappa shape index (κ3) is 6.18. The van der Waals surface area contributed by atoms with E-state index in [4.69, 9.17) is 9.47 Å². The summed E-state index contributed by atoms with van der Waals surface area (Å²) in [6.07, 6.45) is -0.818. The Kier molecular flexibility index (Phi) is 6.94. The summed E-state index contributed by atoms with van der Waals surface area (Å²) in [6.45, 7) is 9.39. The van der Waals surface area contributed by atoms with Gasteiger partial charge in [0.1, 0.15) is 0 Å². The van der Waals surface area contributed by atoms with Crippen molar-refractivity contribution in [3.63, 3.8) is 0 Å². The van der Waals surface area contributed by atoms with Crippen LogP contribution in [0.2, 0.25) is 0 Å². The van der Waals surface area contributed by atoms with Gasteiger partial charge in [-0.15, -0.1) is 0 Å². The predicted molar refractivity (Wildman–Crippen MR) is 107 cm³/mol. The van der Waals surface area contributed by atoms with Crippen molar-refractivity contribution in [2.24, 2.45) is 0 Å². The fourth-order valence-corrected chi connectivity index (χ4v) is 2.53. The number of carbonyl (C=O) groups excluding carboxylic acids is 2. The molecule has 2 aromatic rings. The number of hydrogen-bond donors (Lipinski definition) is 2. The molecule has 0 aliphatic heterocycles. The number of aliphatic hydroxyl groups excluding tert-OH is 1. The Morgan fingerprint density at radius 2 is 1.75 bits per heavy atom. The summed E-state index contributed by atoms with van der Waals surface area (Å²) >= 11 is 0. The summed E-state index contributed by atoms with van der Waals surface area (Å²) in [7, 11) is 0. The number of nitrogens with one attached hydrogen (secondary N) is 1. The van der Waals surface area contributed by atoms with Gasteiger partial charge in [-0.3, -0.25) is 4.79 Å². The number of aliphatic hydroxyl groups is 1. The van der Waals surface area contributed by atoms with Gasteiger partial charge in [-0.05, 0) is 57.0 Å². The highest BCUT2D eigenvalue weighted by Crippen LogP contribution is 2.32. The van der Waals surface area contributed by atoms with E-state index in [0.29, 0.717) is 17.7 Å². The highest BCUT2D eigenvalue weighted by atomic mass is 16.6. The van der Waals surface area contributed by atoms with Crippen molar-refractivity contribution in [1.82, 2.24) is 5.32 Å². The van der Waals surface area contributed by atoms with Gasteiger partial charge >= 0.3 is 11.9 Å². The molecule has 28 heavy (non-hydrogen) atoms. The zero-order chi connectivity index (χ0) is 20.9. The van der Waals surface area contributed by atoms with Crippen LogP contribution in [-0.2, 0) is 4.79 Å². The first-order valence-electron chi connectivity index (χ1n) is 9.10. The van der Waals surface area contributed by atoms with Crippen molar-refractivity contribution in [3.8, 4) is 11.5 Å². The van der Waals surface area contributed by atoms with Crippen LogP contribution in [0, 0.1) is 6.92 Å². The van der Waals surface area contributed by atoms with Crippen LogP contribution in [0.4, 0.5) is 0 Å². The molecular weight excluding hydrogens is 358 g/mol. The van der Waals surface area contributed by atoms with Crippen LogP contribution in [0.15, 0.2) is 42.5 Å². The largest absolute Gasteiger partial charge is 0.423 e. The van der Waals surface area contributed by atoms with E-state index in [9.17, 15) is 14.7 Å². The molecule has 0 fully saturated rings. The summed E-state index contributed by atoms with van der Waals surface area (Å²) in [4.78, 5) is 24.0. The molecule has 0 saturated carbocycles. The van der Waals surface area contributed by atoms with Crippen molar-refractivity contribution >= 4 is 11.9 Å². The highest BCUT2D eigenvalue weighted by Gasteiger charge is 2.19. The first-order valence-corrected chi connectivity index (χ1v) is 9.10. The second-order valence-corrected chi connectivity index (χ2v) is 7.65.